The van der Waals surface area contributed by atoms with Crippen LogP contribution in [0.25, 0.3) is 0 Å². The van der Waals surface area contributed by atoms with Crippen molar-refractivity contribution in [2.45, 2.75) is 40.3 Å². The van der Waals surface area contributed by atoms with Crippen molar-refractivity contribution in [3.63, 3.8) is 0 Å². The summed E-state index contributed by atoms with van der Waals surface area (Å²) in [5.41, 5.74) is 2.53. The van der Waals surface area contributed by atoms with Gasteiger partial charge >= 0.3 is 5.97 Å². The van der Waals surface area contributed by atoms with Gasteiger partial charge in [-0.15, -0.1) is 6.58 Å². The van der Waals surface area contributed by atoms with E-state index in [4.69, 9.17) is 4.74 Å². The maximum Gasteiger partial charge on any atom is 0.354 e. The predicted molar refractivity (Wildman–Crippen MR) is 82.9 cm³/mol. The van der Waals surface area contributed by atoms with Gasteiger partial charge in [-0.3, -0.25) is 4.79 Å². The summed E-state index contributed by atoms with van der Waals surface area (Å²) in [6, 6.07) is -0.335. The van der Waals surface area contributed by atoms with Crippen LogP contribution in [0.5, 0.6) is 0 Å². The van der Waals surface area contributed by atoms with E-state index in [2.05, 4.69) is 11.9 Å². The van der Waals surface area contributed by atoms with Crippen molar-refractivity contribution >= 4 is 11.8 Å². The maximum absolute atomic E-state index is 12.6. The van der Waals surface area contributed by atoms with Crippen LogP contribution in [0.2, 0.25) is 0 Å². The van der Waals surface area contributed by atoms with Gasteiger partial charge in [0.2, 0.25) is 0 Å². The van der Waals surface area contributed by atoms with E-state index < -0.39 is 5.97 Å². The first kappa shape index (κ1) is 17.2. The summed E-state index contributed by atoms with van der Waals surface area (Å²) >= 11 is 0. The maximum atomic E-state index is 12.6. The number of aromatic nitrogens is 1. The summed E-state index contributed by atoms with van der Waals surface area (Å²) in [6.45, 7) is 12.2. The molecule has 0 aromatic carbocycles. The van der Waals surface area contributed by atoms with Crippen LogP contribution in [-0.2, 0) is 11.3 Å². The number of hydrogen-bond donors (Lipinski definition) is 1. The Bertz CT molecular complexity index is 558. The zero-order valence-corrected chi connectivity index (χ0v) is 13.4. The minimum absolute atomic E-state index is 0.0239. The van der Waals surface area contributed by atoms with E-state index in [1.165, 1.54) is 7.11 Å². The lowest BCUT2D eigenvalue weighted by Crippen LogP contribution is -2.34. The fourth-order valence-corrected chi connectivity index (χ4v) is 2.58. The molecule has 0 radical (unpaired) electrons. The topological polar surface area (TPSA) is 60.3 Å². The number of rotatable bonds is 7. The molecule has 0 saturated carbocycles. The predicted octanol–water partition coefficient (Wildman–Crippen LogP) is 2.26. The zero-order valence-electron chi connectivity index (χ0n) is 13.4. The van der Waals surface area contributed by atoms with Gasteiger partial charge in [0.1, 0.15) is 5.69 Å². The number of ether oxygens (including phenoxy) is 1. The molecule has 116 valence electrons. The number of carbonyl (C=O) groups excluding carboxylic acids is 2. The molecule has 21 heavy (non-hydrogen) atoms. The van der Waals surface area contributed by atoms with Crippen LogP contribution in [0.1, 0.15) is 46.0 Å². The second kappa shape index (κ2) is 7.22. The van der Waals surface area contributed by atoms with E-state index in [0.717, 1.165) is 5.69 Å². The molecule has 0 aliphatic heterocycles. The third-order valence-electron chi connectivity index (χ3n) is 3.67. The van der Waals surface area contributed by atoms with Gasteiger partial charge in [0, 0.05) is 24.3 Å². The number of esters is 1. The Morgan fingerprint density at radius 3 is 2.52 bits per heavy atom. The third kappa shape index (κ3) is 3.24. The van der Waals surface area contributed by atoms with Gasteiger partial charge in [0.05, 0.1) is 13.2 Å². The highest BCUT2D eigenvalue weighted by molar-refractivity contribution is 6.05. The SMILES string of the molecule is C=CCNC(C)C(=O)c1c(C)c(C(=O)OC)n(CC)c1C. The summed E-state index contributed by atoms with van der Waals surface area (Å²) in [6.07, 6.45) is 1.71. The summed E-state index contributed by atoms with van der Waals surface area (Å²) in [4.78, 5) is 24.6. The van der Waals surface area contributed by atoms with Crippen molar-refractivity contribution in [2.24, 2.45) is 0 Å². The van der Waals surface area contributed by atoms with Crippen LogP contribution < -0.4 is 5.32 Å². The van der Waals surface area contributed by atoms with E-state index in [-0.39, 0.29) is 11.8 Å². The lowest BCUT2D eigenvalue weighted by atomic mass is 10.0. The standard InChI is InChI=1S/C16H24N2O3/c1-7-9-17-11(4)15(19)13-10(3)14(16(20)21-6)18(8-2)12(13)5/h7,11,17H,1,8-9H2,2-6H3. The van der Waals surface area contributed by atoms with Crippen LogP contribution in [0.15, 0.2) is 12.7 Å². The van der Waals surface area contributed by atoms with E-state index in [1.54, 1.807) is 13.0 Å². The first-order chi connectivity index (χ1) is 9.90. The number of ketones is 1. The van der Waals surface area contributed by atoms with Crippen LogP contribution in [0.4, 0.5) is 0 Å². The molecule has 0 aliphatic carbocycles. The van der Waals surface area contributed by atoms with Crippen molar-refractivity contribution in [3.05, 3.63) is 35.2 Å². The first-order valence-electron chi connectivity index (χ1n) is 7.07. The number of methoxy groups -OCH3 is 1. The number of nitrogens with zero attached hydrogens (tertiary/aromatic N) is 1. The Morgan fingerprint density at radius 1 is 1.43 bits per heavy atom. The largest absolute Gasteiger partial charge is 0.464 e. The molecule has 1 atom stereocenters. The molecule has 0 amide bonds. The zero-order chi connectivity index (χ0) is 16.2. The van der Waals surface area contributed by atoms with Crippen LogP contribution in [-0.4, -0.2) is 36.0 Å². The minimum atomic E-state index is -0.414. The van der Waals surface area contributed by atoms with Crippen molar-refractivity contribution in [3.8, 4) is 0 Å². The van der Waals surface area contributed by atoms with E-state index >= 15 is 0 Å². The Labute approximate surface area is 126 Å². The molecule has 1 heterocycles. The monoisotopic (exact) mass is 292 g/mol. The van der Waals surface area contributed by atoms with Crippen molar-refractivity contribution < 1.29 is 14.3 Å². The van der Waals surface area contributed by atoms with Gasteiger partial charge in [-0.25, -0.2) is 4.79 Å². The Hall–Kier alpha value is -1.88. The van der Waals surface area contributed by atoms with Gasteiger partial charge < -0.3 is 14.6 Å². The summed E-state index contributed by atoms with van der Waals surface area (Å²) < 4.78 is 6.66. The normalized spacial score (nSPS) is 12.0. The molecule has 1 aromatic heterocycles. The highest BCUT2D eigenvalue weighted by Crippen LogP contribution is 2.24. The van der Waals surface area contributed by atoms with E-state index in [9.17, 15) is 9.59 Å². The quantitative estimate of drug-likeness (QED) is 0.476. The van der Waals surface area contributed by atoms with Crippen molar-refractivity contribution in [1.29, 1.82) is 0 Å². The molecule has 1 aromatic rings. The number of carbonyl (C=O) groups is 2. The van der Waals surface area contributed by atoms with Crippen molar-refractivity contribution in [2.75, 3.05) is 13.7 Å². The van der Waals surface area contributed by atoms with Gasteiger partial charge in [-0.05, 0) is 33.3 Å². The lowest BCUT2D eigenvalue weighted by molar-refractivity contribution is 0.0587. The molecule has 0 aliphatic rings. The highest BCUT2D eigenvalue weighted by Gasteiger charge is 2.28. The van der Waals surface area contributed by atoms with Crippen molar-refractivity contribution in [1.82, 2.24) is 9.88 Å². The molecule has 0 bridgehead atoms. The van der Waals surface area contributed by atoms with Gasteiger partial charge in [0.25, 0.3) is 0 Å². The number of hydrogen-bond acceptors (Lipinski definition) is 4. The molecular formula is C16H24N2O3. The average Bonchev–Trinajstić information content (AvgIpc) is 2.73. The number of nitrogens with one attached hydrogen (secondary N) is 1. The molecule has 1 rings (SSSR count). The fourth-order valence-electron chi connectivity index (χ4n) is 2.58. The fraction of sp³-hybridized carbons (Fsp3) is 0.500. The van der Waals surface area contributed by atoms with E-state index in [1.807, 2.05) is 25.3 Å². The lowest BCUT2D eigenvalue weighted by Gasteiger charge is -2.12. The Balaban J connectivity index is 3.31. The van der Waals surface area contributed by atoms with Crippen LogP contribution >= 0.6 is 0 Å². The number of Topliss-reactive ketones (excluding diaryl/α,β-unsaturated/α-hetero) is 1. The summed E-state index contributed by atoms with van der Waals surface area (Å²) in [7, 11) is 1.35. The summed E-state index contributed by atoms with van der Waals surface area (Å²) in [5, 5.41) is 3.08. The molecule has 5 heteroatoms. The molecule has 1 N–H and O–H groups in total. The molecule has 0 saturated heterocycles. The highest BCUT2D eigenvalue weighted by atomic mass is 16.5. The summed E-state index contributed by atoms with van der Waals surface area (Å²) in [5.74, 6) is -0.438. The second-order valence-corrected chi connectivity index (χ2v) is 4.95. The van der Waals surface area contributed by atoms with Crippen LogP contribution in [0.3, 0.4) is 0 Å². The minimum Gasteiger partial charge on any atom is -0.464 e. The Morgan fingerprint density at radius 2 is 2.05 bits per heavy atom. The van der Waals surface area contributed by atoms with Gasteiger partial charge in [-0.2, -0.15) is 0 Å². The third-order valence-corrected chi connectivity index (χ3v) is 3.67. The van der Waals surface area contributed by atoms with Crippen LogP contribution in [0, 0.1) is 13.8 Å². The molecular weight excluding hydrogens is 268 g/mol. The second-order valence-electron chi connectivity index (χ2n) is 4.95. The van der Waals surface area contributed by atoms with Gasteiger partial charge in [-0.1, -0.05) is 6.08 Å². The molecule has 1 unspecified atom stereocenters. The molecule has 0 spiro atoms. The van der Waals surface area contributed by atoms with E-state index in [0.29, 0.717) is 29.9 Å². The first-order valence-corrected chi connectivity index (χ1v) is 7.07. The Kier molecular flexibility index (Phi) is 5.90. The van der Waals surface area contributed by atoms with Gasteiger partial charge in [0.15, 0.2) is 5.78 Å². The molecule has 5 nitrogen and oxygen atoms in total. The average molecular weight is 292 g/mol. The molecule has 0 fully saturated rings. The smallest absolute Gasteiger partial charge is 0.354 e.